The molecule has 0 aliphatic carbocycles. The summed E-state index contributed by atoms with van der Waals surface area (Å²) in [4.78, 5) is 39.6. The van der Waals surface area contributed by atoms with Crippen LogP contribution >= 0.6 is 23.5 Å². The topological polar surface area (TPSA) is 167 Å². The highest BCUT2D eigenvalue weighted by molar-refractivity contribution is 8.13. The van der Waals surface area contributed by atoms with Gasteiger partial charge in [0.2, 0.25) is 5.82 Å². The molecule has 0 bridgehead atoms. The lowest BCUT2D eigenvalue weighted by Gasteiger charge is -2.26. The Hall–Kier alpha value is -2.72. The standard InChI is InChI=1S/C15H19FN2O5S.C14H21NO4S.C9H17NO2S/c1-22-15(19)11-9-12(18(20)21)14(16)13(10-11)24-8-2-3-17-4-6-23-7-5-17;1-13-3-5-14(6-4-13)20(16,17)19-10-2-7-15-8-11-18-12-9-15;1-9(11)13-8-2-3-10-4-6-12-7-5-10/h9-10H,2-8H2,1H3;3-6H,2,7-12H2,1H3;2-8H2,1H3. The molecule has 0 N–H and O–H groups in total. The number of methoxy groups -OCH3 is 1. The third-order valence-corrected chi connectivity index (χ3v) is 12.2. The van der Waals surface area contributed by atoms with Gasteiger partial charge in [0.15, 0.2) is 5.12 Å². The monoisotopic (exact) mass is 860 g/mol. The number of morpholine rings is 3. The van der Waals surface area contributed by atoms with Gasteiger partial charge in [0.05, 0.1) is 73.6 Å². The number of halogens is 1. The third kappa shape index (κ3) is 19.3. The van der Waals surface area contributed by atoms with E-state index in [0.717, 1.165) is 141 Å². The van der Waals surface area contributed by atoms with Gasteiger partial charge >= 0.3 is 11.7 Å². The van der Waals surface area contributed by atoms with Gasteiger partial charge < -0.3 is 18.9 Å². The summed E-state index contributed by atoms with van der Waals surface area (Å²) in [6.45, 7) is 16.9. The van der Waals surface area contributed by atoms with Gasteiger partial charge in [0.1, 0.15) is 0 Å². The lowest BCUT2D eigenvalue weighted by atomic mass is 10.2. The zero-order valence-electron chi connectivity index (χ0n) is 33.2. The molecule has 0 unspecified atom stereocenters. The number of hydrogen-bond acceptors (Lipinski definition) is 16. The Balaban J connectivity index is 0.000000239. The first-order chi connectivity index (χ1) is 27.4. The first kappa shape index (κ1) is 48.6. The number of nitrogens with zero attached hydrogens (tertiary/aromatic N) is 4. The summed E-state index contributed by atoms with van der Waals surface area (Å²) in [5.74, 6) is -0.0970. The van der Waals surface area contributed by atoms with Crippen molar-refractivity contribution in [1.29, 1.82) is 0 Å². The Bertz CT molecular complexity index is 1620. The summed E-state index contributed by atoms with van der Waals surface area (Å²) in [5, 5.41) is 11.2. The smallest absolute Gasteiger partial charge is 0.338 e. The minimum atomic E-state index is -3.62. The van der Waals surface area contributed by atoms with Gasteiger partial charge in [-0.05, 0) is 63.2 Å². The maximum absolute atomic E-state index is 14.2. The maximum Gasteiger partial charge on any atom is 0.338 e. The van der Waals surface area contributed by atoms with E-state index in [4.69, 9.17) is 18.4 Å². The Kier molecular flexibility index (Phi) is 23.1. The second kappa shape index (κ2) is 27.1. The van der Waals surface area contributed by atoms with Crippen molar-refractivity contribution in [2.24, 2.45) is 0 Å². The van der Waals surface area contributed by atoms with E-state index in [2.05, 4.69) is 19.4 Å². The lowest BCUT2D eigenvalue weighted by molar-refractivity contribution is -0.387. The van der Waals surface area contributed by atoms with Crippen molar-refractivity contribution < 1.29 is 50.5 Å². The van der Waals surface area contributed by atoms with Gasteiger partial charge in [-0.15, -0.1) is 11.8 Å². The molecule has 3 aliphatic rings. The van der Waals surface area contributed by atoms with Gasteiger partial charge in [0, 0.05) is 64.6 Å². The zero-order chi connectivity index (χ0) is 41.5. The Morgan fingerprint density at radius 1 is 0.825 bits per heavy atom. The lowest BCUT2D eigenvalue weighted by Crippen LogP contribution is -2.37. The Morgan fingerprint density at radius 2 is 1.32 bits per heavy atom. The highest BCUT2D eigenvalue weighted by Gasteiger charge is 2.23. The molecule has 0 atom stereocenters. The number of ether oxygens (including phenoxy) is 4. The van der Waals surface area contributed by atoms with Crippen LogP contribution in [0.5, 0.6) is 0 Å². The SMILES string of the molecule is CC(=O)SCCCN1CCOCC1.COC(=O)c1cc(SCCCN2CCOCC2)c(F)c([N+](=O)[O-])c1.Cc1ccc(S(=O)(=O)OCCCN2CCOCC2)cc1. The van der Waals surface area contributed by atoms with E-state index in [1.165, 1.54) is 24.9 Å². The van der Waals surface area contributed by atoms with Gasteiger partial charge in [-0.1, -0.05) is 29.5 Å². The zero-order valence-corrected chi connectivity index (χ0v) is 35.6. The molecular weight excluding hydrogens is 804 g/mol. The number of aryl methyl sites for hydroxylation is 1. The molecule has 0 spiro atoms. The van der Waals surface area contributed by atoms with Crippen molar-refractivity contribution >= 4 is 50.4 Å². The van der Waals surface area contributed by atoms with Gasteiger partial charge in [-0.2, -0.15) is 12.8 Å². The normalized spacial score (nSPS) is 16.8. The van der Waals surface area contributed by atoms with Crippen molar-refractivity contribution in [3.63, 3.8) is 0 Å². The second-order valence-corrected chi connectivity index (χ2v) is 17.3. The van der Waals surface area contributed by atoms with E-state index >= 15 is 0 Å². The fraction of sp³-hybridized carbons (Fsp3) is 0.632. The fourth-order valence-corrected chi connectivity index (χ4v) is 8.17. The van der Waals surface area contributed by atoms with E-state index in [0.29, 0.717) is 12.2 Å². The molecule has 5 rings (SSSR count). The van der Waals surface area contributed by atoms with E-state index in [9.17, 15) is 32.5 Å². The van der Waals surface area contributed by atoms with Crippen LogP contribution in [-0.2, 0) is 38.0 Å². The summed E-state index contributed by atoms with van der Waals surface area (Å²) in [7, 11) is -2.45. The van der Waals surface area contributed by atoms with Crippen LogP contribution in [0.2, 0.25) is 0 Å². The van der Waals surface area contributed by atoms with Crippen LogP contribution in [0, 0.1) is 22.9 Å². The Labute approximate surface area is 344 Å². The predicted molar refractivity (Wildman–Crippen MR) is 218 cm³/mol. The molecule has 19 heteroatoms. The number of esters is 1. The number of carbonyl (C=O) groups is 2. The van der Waals surface area contributed by atoms with Gasteiger partial charge in [-0.25, -0.2) is 4.79 Å². The molecule has 2 aromatic rings. The molecule has 2 aromatic carbocycles. The van der Waals surface area contributed by atoms with Gasteiger partial charge in [-0.3, -0.25) is 33.8 Å². The van der Waals surface area contributed by atoms with Crippen LogP contribution in [0.15, 0.2) is 46.2 Å². The molecule has 3 aliphatic heterocycles. The van der Waals surface area contributed by atoms with Crippen molar-refractivity contribution in [3.8, 4) is 0 Å². The number of nitro groups is 1. The van der Waals surface area contributed by atoms with Crippen LogP contribution in [0.3, 0.4) is 0 Å². The predicted octanol–water partition coefficient (Wildman–Crippen LogP) is 4.75. The summed E-state index contributed by atoms with van der Waals surface area (Å²) in [5.41, 5.74) is 0.283. The van der Waals surface area contributed by atoms with Crippen molar-refractivity contribution in [2.45, 2.75) is 42.9 Å². The van der Waals surface area contributed by atoms with E-state index in [1.54, 1.807) is 31.2 Å². The number of carbonyl (C=O) groups excluding carboxylic acids is 2. The quantitative estimate of drug-likeness (QED) is 0.0534. The van der Waals surface area contributed by atoms with E-state index in [-0.39, 0.29) is 27.1 Å². The first-order valence-corrected chi connectivity index (χ1v) is 22.5. The minimum absolute atomic E-state index is 0.0266. The van der Waals surface area contributed by atoms with E-state index < -0.39 is 32.5 Å². The molecule has 0 aromatic heterocycles. The molecule has 0 amide bonds. The third-order valence-electron chi connectivity index (χ3n) is 8.92. The van der Waals surface area contributed by atoms with Crippen molar-refractivity contribution in [2.75, 3.05) is 124 Å². The number of rotatable bonds is 17. The average Bonchev–Trinajstić information content (AvgIpc) is 3.21. The molecule has 3 fully saturated rings. The highest BCUT2D eigenvalue weighted by atomic mass is 32.2. The molecule has 3 heterocycles. The average molecular weight is 861 g/mol. The Morgan fingerprint density at radius 3 is 1.79 bits per heavy atom. The second-order valence-electron chi connectivity index (χ2n) is 13.3. The maximum atomic E-state index is 14.2. The molecule has 15 nitrogen and oxygen atoms in total. The molecular formula is C38H57FN4O11S3. The van der Waals surface area contributed by atoms with Crippen molar-refractivity contribution in [3.05, 3.63) is 63.5 Å². The number of benzene rings is 2. The van der Waals surface area contributed by atoms with Crippen LogP contribution in [0.1, 0.15) is 42.1 Å². The summed E-state index contributed by atoms with van der Waals surface area (Å²) >= 11 is 2.59. The summed E-state index contributed by atoms with van der Waals surface area (Å²) in [6, 6.07) is 8.89. The minimum Gasteiger partial charge on any atom is -0.465 e. The molecule has 0 radical (unpaired) electrons. The van der Waals surface area contributed by atoms with E-state index in [1.807, 2.05) is 6.92 Å². The molecule has 0 saturated carbocycles. The number of thioether (sulfide) groups is 2. The van der Waals surface area contributed by atoms with Crippen LogP contribution in [0.25, 0.3) is 0 Å². The van der Waals surface area contributed by atoms with Gasteiger partial charge in [0.25, 0.3) is 10.1 Å². The van der Waals surface area contributed by atoms with Crippen LogP contribution in [-0.4, -0.2) is 163 Å². The largest absolute Gasteiger partial charge is 0.465 e. The summed E-state index contributed by atoms with van der Waals surface area (Å²) in [6.07, 6.45) is 2.61. The number of nitro benzene ring substituents is 1. The first-order valence-electron chi connectivity index (χ1n) is 19.1. The molecule has 3 saturated heterocycles. The van der Waals surface area contributed by atoms with Crippen LogP contribution in [0.4, 0.5) is 10.1 Å². The molecule has 320 valence electrons. The van der Waals surface area contributed by atoms with Crippen molar-refractivity contribution in [1.82, 2.24) is 14.7 Å². The fourth-order valence-electron chi connectivity index (χ4n) is 5.74. The number of hydrogen-bond donors (Lipinski definition) is 0. The highest BCUT2D eigenvalue weighted by Crippen LogP contribution is 2.31. The molecule has 57 heavy (non-hydrogen) atoms. The van der Waals surface area contributed by atoms with Crippen LogP contribution < -0.4 is 0 Å². The summed E-state index contributed by atoms with van der Waals surface area (Å²) < 4.78 is 63.5.